The van der Waals surface area contributed by atoms with Gasteiger partial charge in [0.15, 0.2) is 15.7 Å². The van der Waals surface area contributed by atoms with Crippen LogP contribution < -0.4 is 11.1 Å². The van der Waals surface area contributed by atoms with Gasteiger partial charge in [-0.2, -0.15) is 4.37 Å². The Balaban J connectivity index is 2.16. The van der Waals surface area contributed by atoms with Crippen LogP contribution in [-0.2, 0) is 27.7 Å². The summed E-state index contributed by atoms with van der Waals surface area (Å²) in [6.45, 7) is 1.03. The van der Waals surface area contributed by atoms with E-state index in [0.29, 0.717) is 18.2 Å². The fraction of sp³-hybridized carbons (Fsp3) is 0.308. The van der Waals surface area contributed by atoms with E-state index in [0.717, 1.165) is 28.9 Å². The number of nitrogens with zero attached hydrogens (tertiary/aromatic N) is 1. The number of nitrogens with two attached hydrogens (primary N) is 1. The normalized spacial score (nSPS) is 11.5. The first-order valence-corrected chi connectivity index (χ1v) is 8.84. The minimum Gasteiger partial charge on any atom is -0.382 e. The molecular formula is C13H17N3O3S2. The number of nitrogens with one attached hydrogen (secondary N) is 1. The highest BCUT2D eigenvalue weighted by Gasteiger charge is 2.20. The lowest BCUT2D eigenvalue weighted by Crippen LogP contribution is -2.06. The Morgan fingerprint density at radius 2 is 2.10 bits per heavy atom. The Morgan fingerprint density at radius 3 is 2.76 bits per heavy atom. The molecule has 2 aromatic rings. The highest BCUT2D eigenvalue weighted by atomic mass is 32.2. The largest absolute Gasteiger partial charge is 0.382 e. The Kier molecular flexibility index (Phi) is 4.81. The summed E-state index contributed by atoms with van der Waals surface area (Å²) in [5, 5.41) is 3.55. The van der Waals surface area contributed by atoms with E-state index in [2.05, 4.69) is 9.69 Å². The van der Waals surface area contributed by atoms with Crippen LogP contribution in [0.2, 0.25) is 0 Å². The molecule has 0 bridgehead atoms. The van der Waals surface area contributed by atoms with Crippen molar-refractivity contribution < 1.29 is 13.2 Å². The molecule has 0 amide bonds. The number of hydrogen-bond donors (Lipinski definition) is 2. The molecule has 0 fully saturated rings. The summed E-state index contributed by atoms with van der Waals surface area (Å²) in [4.78, 5) is 0.0700. The molecule has 8 heteroatoms. The maximum Gasteiger partial charge on any atom is 0.182 e. The van der Waals surface area contributed by atoms with E-state index >= 15 is 0 Å². The average Bonchev–Trinajstić information content (AvgIpc) is 2.78. The van der Waals surface area contributed by atoms with Gasteiger partial charge in [-0.15, -0.1) is 0 Å². The van der Waals surface area contributed by atoms with Crippen molar-refractivity contribution in [2.75, 3.05) is 24.4 Å². The summed E-state index contributed by atoms with van der Waals surface area (Å²) in [6, 6.07) is 7.86. The zero-order chi connectivity index (χ0) is 15.5. The third-order valence-corrected chi connectivity index (χ3v) is 4.90. The molecule has 1 aromatic heterocycles. The summed E-state index contributed by atoms with van der Waals surface area (Å²) >= 11 is 1.05. The monoisotopic (exact) mass is 327 g/mol. The molecule has 6 nitrogen and oxygen atoms in total. The maximum atomic E-state index is 11.7. The zero-order valence-corrected chi connectivity index (χ0v) is 13.4. The number of nitrogen functional groups attached to an aromatic ring is 1. The third kappa shape index (κ3) is 3.93. The van der Waals surface area contributed by atoms with Crippen LogP contribution >= 0.6 is 11.5 Å². The van der Waals surface area contributed by atoms with Crippen molar-refractivity contribution in [2.45, 2.75) is 18.0 Å². The van der Waals surface area contributed by atoms with Crippen LogP contribution in [0.4, 0.5) is 10.8 Å². The topological polar surface area (TPSA) is 94.3 Å². The maximum absolute atomic E-state index is 11.7. The first kappa shape index (κ1) is 15.7. The van der Waals surface area contributed by atoms with E-state index < -0.39 is 9.84 Å². The minimum absolute atomic E-state index is 0.0399. The van der Waals surface area contributed by atoms with Crippen LogP contribution in [0.25, 0.3) is 0 Å². The third-order valence-electron chi connectivity index (χ3n) is 2.80. The molecule has 0 aliphatic carbocycles. The lowest BCUT2D eigenvalue weighted by molar-refractivity contribution is 0.185. The number of benzene rings is 1. The van der Waals surface area contributed by atoms with Gasteiger partial charge in [-0.1, -0.05) is 24.3 Å². The molecule has 1 aromatic carbocycles. The van der Waals surface area contributed by atoms with Gasteiger partial charge in [-0.3, -0.25) is 0 Å². The van der Waals surface area contributed by atoms with Crippen molar-refractivity contribution >= 4 is 32.2 Å². The molecule has 2 rings (SSSR count). The first-order chi connectivity index (χ1) is 9.91. The lowest BCUT2D eigenvalue weighted by Gasteiger charge is -2.07. The fourth-order valence-electron chi connectivity index (χ4n) is 1.94. The Labute approximate surface area is 128 Å². The average molecular weight is 327 g/mol. The van der Waals surface area contributed by atoms with Gasteiger partial charge in [-0.25, -0.2) is 8.42 Å². The number of rotatable bonds is 6. The van der Waals surface area contributed by atoms with Gasteiger partial charge in [0, 0.05) is 19.9 Å². The van der Waals surface area contributed by atoms with Crippen molar-refractivity contribution in [1.29, 1.82) is 0 Å². The molecule has 3 N–H and O–H groups in total. The van der Waals surface area contributed by atoms with Crippen LogP contribution in [0.5, 0.6) is 0 Å². The van der Waals surface area contributed by atoms with Crippen molar-refractivity contribution in [2.24, 2.45) is 0 Å². The molecule has 0 unspecified atom stereocenters. The number of ether oxygens (including phenoxy) is 1. The van der Waals surface area contributed by atoms with Gasteiger partial charge < -0.3 is 15.8 Å². The lowest BCUT2D eigenvalue weighted by atomic mass is 10.1. The molecule has 21 heavy (non-hydrogen) atoms. The summed E-state index contributed by atoms with van der Waals surface area (Å²) in [5.41, 5.74) is 7.71. The predicted molar refractivity (Wildman–Crippen MR) is 84.1 cm³/mol. The van der Waals surface area contributed by atoms with E-state index in [9.17, 15) is 8.42 Å². The smallest absolute Gasteiger partial charge is 0.182 e. The summed E-state index contributed by atoms with van der Waals surface area (Å²) < 4.78 is 32.4. The molecule has 0 atom stereocenters. The fourth-order valence-corrected chi connectivity index (χ4v) is 4.01. The quantitative estimate of drug-likeness (QED) is 0.841. The molecule has 0 saturated heterocycles. The van der Waals surface area contributed by atoms with Crippen molar-refractivity contribution in [1.82, 2.24) is 4.37 Å². The Hall–Kier alpha value is -1.64. The molecule has 1 heterocycles. The Morgan fingerprint density at radius 1 is 1.38 bits per heavy atom. The summed E-state index contributed by atoms with van der Waals surface area (Å²) in [5.74, 6) is 0.0399. The predicted octanol–water partition coefficient (Wildman–Crippen LogP) is 1.89. The Bertz CT molecular complexity index is 726. The molecule has 0 radical (unpaired) electrons. The second-order valence-corrected chi connectivity index (χ2v) is 7.33. The molecular weight excluding hydrogens is 310 g/mol. The highest BCUT2D eigenvalue weighted by Crippen LogP contribution is 2.31. The van der Waals surface area contributed by atoms with Crippen LogP contribution in [0, 0.1) is 0 Å². The van der Waals surface area contributed by atoms with Crippen molar-refractivity contribution in [3.05, 3.63) is 35.4 Å². The molecule has 0 aliphatic heterocycles. The van der Waals surface area contributed by atoms with Gasteiger partial charge in [-0.05, 0) is 22.7 Å². The second kappa shape index (κ2) is 6.42. The number of aromatic nitrogens is 1. The molecule has 0 aliphatic rings. The van der Waals surface area contributed by atoms with E-state index in [1.807, 2.05) is 24.3 Å². The van der Waals surface area contributed by atoms with E-state index in [1.165, 1.54) is 0 Å². The van der Waals surface area contributed by atoms with E-state index in [-0.39, 0.29) is 10.7 Å². The van der Waals surface area contributed by atoms with Crippen LogP contribution in [0.3, 0.4) is 0 Å². The van der Waals surface area contributed by atoms with Gasteiger partial charge in [0.05, 0.1) is 6.61 Å². The standard InChI is InChI=1S/C13H17N3O3S2/c1-19-8-10-5-3-4-9(6-10)7-15-13-11(21(2,17)18)12(14)16-20-13/h3-6,15H,7-8H2,1-2H3,(H2,14,16). The molecule has 114 valence electrons. The van der Waals surface area contributed by atoms with Gasteiger partial charge in [0.2, 0.25) is 0 Å². The number of hydrogen-bond acceptors (Lipinski definition) is 7. The van der Waals surface area contributed by atoms with Gasteiger partial charge >= 0.3 is 0 Å². The zero-order valence-electron chi connectivity index (χ0n) is 11.8. The second-order valence-electron chi connectivity index (χ2n) is 4.60. The van der Waals surface area contributed by atoms with Crippen LogP contribution in [0.1, 0.15) is 11.1 Å². The van der Waals surface area contributed by atoms with Crippen molar-refractivity contribution in [3.8, 4) is 0 Å². The van der Waals surface area contributed by atoms with E-state index in [1.54, 1.807) is 7.11 Å². The minimum atomic E-state index is -3.40. The summed E-state index contributed by atoms with van der Waals surface area (Å²) in [6.07, 6.45) is 1.12. The first-order valence-electron chi connectivity index (χ1n) is 6.17. The number of methoxy groups -OCH3 is 1. The number of anilines is 2. The summed E-state index contributed by atoms with van der Waals surface area (Å²) in [7, 11) is -1.76. The highest BCUT2D eigenvalue weighted by molar-refractivity contribution is 7.91. The molecule has 0 spiro atoms. The van der Waals surface area contributed by atoms with E-state index in [4.69, 9.17) is 10.5 Å². The SMILES string of the molecule is COCc1cccc(CNc2snc(N)c2S(C)(=O)=O)c1. The van der Waals surface area contributed by atoms with Crippen molar-refractivity contribution in [3.63, 3.8) is 0 Å². The van der Waals surface area contributed by atoms with Gasteiger partial charge in [0.1, 0.15) is 9.90 Å². The number of sulfone groups is 1. The van der Waals surface area contributed by atoms with Crippen LogP contribution in [0.15, 0.2) is 29.2 Å². The molecule has 0 saturated carbocycles. The van der Waals surface area contributed by atoms with Gasteiger partial charge in [0.25, 0.3) is 0 Å². The van der Waals surface area contributed by atoms with Crippen LogP contribution in [-0.4, -0.2) is 26.2 Å².